The van der Waals surface area contributed by atoms with E-state index in [1.165, 1.54) is 0 Å². The zero-order valence-corrected chi connectivity index (χ0v) is 11.6. The minimum atomic E-state index is -0.647. The van der Waals surface area contributed by atoms with Crippen molar-refractivity contribution in [1.82, 2.24) is 5.32 Å². The summed E-state index contributed by atoms with van der Waals surface area (Å²) in [7, 11) is 1.74. The number of nitrogens with one attached hydrogen (secondary N) is 1. The Hall–Kier alpha value is -0.710. The first-order valence-electron chi connectivity index (χ1n) is 5.35. The molecule has 5 heteroatoms. The molecule has 1 rings (SSSR count). The van der Waals surface area contributed by atoms with Crippen LogP contribution in [0, 0.1) is 0 Å². The van der Waals surface area contributed by atoms with E-state index in [1.54, 1.807) is 18.8 Å². The van der Waals surface area contributed by atoms with E-state index in [1.807, 2.05) is 31.2 Å². The van der Waals surface area contributed by atoms with Gasteiger partial charge in [0.1, 0.15) is 0 Å². The Bertz CT molecular complexity index is 400. The normalized spacial score (nSPS) is 14.3. The van der Waals surface area contributed by atoms with E-state index in [0.29, 0.717) is 6.42 Å². The van der Waals surface area contributed by atoms with Crippen molar-refractivity contribution in [2.24, 2.45) is 5.73 Å². The van der Waals surface area contributed by atoms with Crippen molar-refractivity contribution in [3.05, 3.63) is 29.3 Å². The van der Waals surface area contributed by atoms with Crippen molar-refractivity contribution < 1.29 is 4.79 Å². The summed E-state index contributed by atoms with van der Waals surface area (Å²) in [5.41, 5.74) is 4.71. The monoisotopic (exact) mass is 272 g/mol. The van der Waals surface area contributed by atoms with Gasteiger partial charge in [-0.1, -0.05) is 17.7 Å². The molecule has 0 saturated heterocycles. The average Bonchev–Trinajstić information content (AvgIpc) is 2.28. The van der Waals surface area contributed by atoms with E-state index in [4.69, 9.17) is 17.3 Å². The first-order chi connectivity index (χ1) is 7.98. The fourth-order valence-corrected chi connectivity index (χ4v) is 2.69. The van der Waals surface area contributed by atoms with E-state index in [0.717, 1.165) is 15.7 Å². The maximum absolute atomic E-state index is 11.3. The standard InChI is InChI=1S/C12H17ClN2OS/c1-12(15-2,11(14)16)6-7-17-10-5-3-4-9(13)8-10/h3-5,8,15H,6-7H2,1-2H3,(H2,14,16). The van der Waals surface area contributed by atoms with Crippen LogP contribution in [0.4, 0.5) is 0 Å². The van der Waals surface area contributed by atoms with Gasteiger partial charge in [-0.3, -0.25) is 4.79 Å². The number of nitrogens with two attached hydrogens (primary N) is 1. The van der Waals surface area contributed by atoms with Crippen molar-refractivity contribution in [2.75, 3.05) is 12.8 Å². The van der Waals surface area contributed by atoms with Crippen LogP contribution in [0.2, 0.25) is 5.02 Å². The van der Waals surface area contributed by atoms with Crippen LogP contribution in [0.15, 0.2) is 29.2 Å². The lowest BCUT2D eigenvalue weighted by atomic mass is 9.99. The Morgan fingerprint density at radius 3 is 2.82 bits per heavy atom. The summed E-state index contributed by atoms with van der Waals surface area (Å²) in [6.45, 7) is 1.81. The molecule has 1 unspecified atom stereocenters. The molecule has 1 atom stereocenters. The lowest BCUT2D eigenvalue weighted by Gasteiger charge is -2.25. The maximum atomic E-state index is 11.3. The molecule has 17 heavy (non-hydrogen) atoms. The molecule has 3 N–H and O–H groups in total. The summed E-state index contributed by atoms with van der Waals surface area (Å²) < 4.78 is 0. The predicted molar refractivity (Wildman–Crippen MR) is 73.5 cm³/mol. The minimum absolute atomic E-state index is 0.327. The van der Waals surface area contributed by atoms with Crippen molar-refractivity contribution in [3.63, 3.8) is 0 Å². The Morgan fingerprint density at radius 1 is 1.59 bits per heavy atom. The predicted octanol–water partition coefficient (Wildman–Crippen LogP) is 2.29. The van der Waals surface area contributed by atoms with E-state index in [-0.39, 0.29) is 5.91 Å². The maximum Gasteiger partial charge on any atom is 0.237 e. The third-order valence-corrected chi connectivity index (χ3v) is 3.99. The summed E-state index contributed by atoms with van der Waals surface area (Å²) in [6.07, 6.45) is 0.677. The van der Waals surface area contributed by atoms with Gasteiger partial charge < -0.3 is 11.1 Å². The molecule has 0 spiro atoms. The number of carbonyl (C=O) groups excluding carboxylic acids is 1. The molecule has 0 heterocycles. The van der Waals surface area contributed by atoms with Crippen molar-refractivity contribution >= 4 is 29.3 Å². The second-order valence-electron chi connectivity index (χ2n) is 4.00. The third kappa shape index (κ3) is 4.22. The van der Waals surface area contributed by atoms with Crippen molar-refractivity contribution in [1.29, 1.82) is 0 Å². The number of rotatable bonds is 6. The topological polar surface area (TPSA) is 55.1 Å². The van der Waals surface area contributed by atoms with Gasteiger partial charge in [-0.25, -0.2) is 0 Å². The number of amides is 1. The molecule has 0 bridgehead atoms. The zero-order chi connectivity index (χ0) is 12.9. The Kier molecular flexibility index (Phi) is 5.31. The molecule has 0 fully saturated rings. The van der Waals surface area contributed by atoms with Crippen LogP contribution in [0.25, 0.3) is 0 Å². The first-order valence-corrected chi connectivity index (χ1v) is 6.71. The number of benzene rings is 1. The fraction of sp³-hybridized carbons (Fsp3) is 0.417. The van der Waals surface area contributed by atoms with Crippen molar-refractivity contribution in [2.45, 2.75) is 23.8 Å². The highest BCUT2D eigenvalue weighted by atomic mass is 35.5. The van der Waals surface area contributed by atoms with Gasteiger partial charge in [-0.15, -0.1) is 11.8 Å². The SMILES string of the molecule is CNC(C)(CCSc1cccc(Cl)c1)C(N)=O. The van der Waals surface area contributed by atoms with Crippen molar-refractivity contribution in [3.8, 4) is 0 Å². The molecule has 0 aliphatic heterocycles. The quantitative estimate of drug-likeness (QED) is 0.781. The highest BCUT2D eigenvalue weighted by Crippen LogP contribution is 2.24. The Balaban J connectivity index is 2.50. The first kappa shape index (κ1) is 14.4. The number of likely N-dealkylation sites (N-methyl/N-ethyl adjacent to an activating group) is 1. The molecule has 3 nitrogen and oxygen atoms in total. The smallest absolute Gasteiger partial charge is 0.237 e. The number of thioether (sulfide) groups is 1. The Morgan fingerprint density at radius 2 is 2.29 bits per heavy atom. The largest absolute Gasteiger partial charge is 0.368 e. The highest BCUT2D eigenvalue weighted by molar-refractivity contribution is 7.99. The van der Waals surface area contributed by atoms with E-state index in [2.05, 4.69) is 5.32 Å². The van der Waals surface area contributed by atoms with Crippen LogP contribution >= 0.6 is 23.4 Å². The zero-order valence-electron chi connectivity index (χ0n) is 10.00. The molecule has 0 aliphatic rings. The Labute approximate surface area is 111 Å². The molecule has 0 aliphatic carbocycles. The lowest BCUT2D eigenvalue weighted by molar-refractivity contribution is -0.123. The summed E-state index contributed by atoms with van der Waals surface area (Å²) in [6, 6.07) is 7.66. The molecular formula is C12H17ClN2OS. The molecule has 1 aromatic rings. The van der Waals surface area contributed by atoms with Gasteiger partial charge in [0.15, 0.2) is 0 Å². The summed E-state index contributed by atoms with van der Waals surface area (Å²) >= 11 is 7.55. The highest BCUT2D eigenvalue weighted by Gasteiger charge is 2.28. The number of hydrogen-bond donors (Lipinski definition) is 2. The van der Waals surface area contributed by atoms with Gasteiger partial charge in [0.25, 0.3) is 0 Å². The van der Waals surface area contributed by atoms with Crippen LogP contribution in [0.1, 0.15) is 13.3 Å². The van der Waals surface area contributed by atoms with Crippen LogP contribution < -0.4 is 11.1 Å². The summed E-state index contributed by atoms with van der Waals surface area (Å²) in [5, 5.41) is 3.69. The fourth-order valence-electron chi connectivity index (χ4n) is 1.30. The average molecular weight is 273 g/mol. The van der Waals surface area contributed by atoms with Crippen LogP contribution in [-0.2, 0) is 4.79 Å². The molecule has 1 amide bonds. The van der Waals surface area contributed by atoms with E-state index >= 15 is 0 Å². The van der Waals surface area contributed by atoms with Gasteiger partial charge in [0, 0.05) is 15.7 Å². The summed E-state index contributed by atoms with van der Waals surface area (Å²) in [4.78, 5) is 12.4. The van der Waals surface area contributed by atoms with E-state index < -0.39 is 5.54 Å². The number of hydrogen-bond acceptors (Lipinski definition) is 3. The van der Waals surface area contributed by atoms with Crippen LogP contribution in [0.3, 0.4) is 0 Å². The number of primary amides is 1. The number of halogens is 1. The van der Waals surface area contributed by atoms with Gasteiger partial charge in [-0.2, -0.15) is 0 Å². The van der Waals surface area contributed by atoms with E-state index in [9.17, 15) is 4.79 Å². The van der Waals surface area contributed by atoms with Gasteiger partial charge >= 0.3 is 0 Å². The molecule has 0 aromatic heterocycles. The second-order valence-corrected chi connectivity index (χ2v) is 5.61. The molecule has 0 saturated carbocycles. The molecule has 94 valence electrons. The molecular weight excluding hydrogens is 256 g/mol. The summed E-state index contributed by atoms with van der Waals surface area (Å²) in [5.74, 6) is 0.479. The van der Waals surface area contributed by atoms with Gasteiger partial charge in [0.2, 0.25) is 5.91 Å². The minimum Gasteiger partial charge on any atom is -0.368 e. The van der Waals surface area contributed by atoms with Crippen LogP contribution in [-0.4, -0.2) is 24.2 Å². The second kappa shape index (κ2) is 6.28. The van der Waals surface area contributed by atoms with Gasteiger partial charge in [0.05, 0.1) is 5.54 Å². The van der Waals surface area contributed by atoms with Gasteiger partial charge in [-0.05, 0) is 38.6 Å². The lowest BCUT2D eigenvalue weighted by Crippen LogP contribution is -2.51. The third-order valence-electron chi connectivity index (χ3n) is 2.76. The number of carbonyl (C=O) groups is 1. The molecule has 0 radical (unpaired) electrons. The molecule has 1 aromatic carbocycles. The van der Waals surface area contributed by atoms with Crippen LogP contribution in [0.5, 0.6) is 0 Å².